The van der Waals surface area contributed by atoms with Crippen molar-refractivity contribution in [3.05, 3.63) is 0 Å². The van der Waals surface area contributed by atoms with E-state index in [4.69, 9.17) is 11.6 Å². The maximum Gasteiger partial charge on any atom is 0.471 e. The number of amides is 1. The Hall–Kier alpha value is -0.820. The summed E-state index contributed by atoms with van der Waals surface area (Å²) in [6, 6.07) is -1.37. The fraction of sp³-hybridized carbons (Fsp3) is 0.714. The lowest BCUT2D eigenvalue weighted by molar-refractivity contribution is -0.175. The highest BCUT2D eigenvalue weighted by Crippen LogP contribution is 2.14. The summed E-state index contributed by atoms with van der Waals surface area (Å²) in [4.78, 5) is 21.5. The molecule has 0 spiro atoms. The maximum atomic E-state index is 11.8. The number of halogens is 4. The van der Waals surface area contributed by atoms with Crippen molar-refractivity contribution in [3.63, 3.8) is 0 Å². The Bertz CT molecular complexity index is 244. The number of nitrogens with one attached hydrogen (secondary N) is 1. The summed E-state index contributed by atoms with van der Waals surface area (Å²) < 4.78 is 39.9. The van der Waals surface area contributed by atoms with E-state index in [-0.39, 0.29) is 6.61 Å². The van der Waals surface area contributed by atoms with Crippen LogP contribution in [0.4, 0.5) is 13.2 Å². The second kappa shape index (κ2) is 5.92. The third-order valence-electron chi connectivity index (χ3n) is 1.42. The molecule has 0 radical (unpaired) electrons. The standard InChI is InChI=1S/C7H9ClF3NO3/c1-15-3-4(5(13)2-8)12-6(14)7(9,10)11/h4H,2-3H2,1H3,(H,12,14). The van der Waals surface area contributed by atoms with Gasteiger partial charge in [0, 0.05) is 7.11 Å². The third kappa shape index (κ3) is 4.98. The smallest absolute Gasteiger partial charge is 0.382 e. The SMILES string of the molecule is COCC(NC(=O)C(F)(F)F)C(=O)CCl. The molecule has 0 aromatic carbocycles. The lowest BCUT2D eigenvalue weighted by Gasteiger charge is -2.16. The first-order chi connectivity index (χ1) is 6.82. The van der Waals surface area contributed by atoms with Crippen LogP contribution >= 0.6 is 11.6 Å². The maximum absolute atomic E-state index is 11.8. The van der Waals surface area contributed by atoms with Gasteiger partial charge in [0.2, 0.25) is 0 Å². The molecule has 8 heteroatoms. The predicted octanol–water partition coefficient (Wildman–Crippen LogP) is 0.488. The molecule has 0 heterocycles. The van der Waals surface area contributed by atoms with Gasteiger partial charge in [0.15, 0.2) is 5.78 Å². The molecule has 1 atom stereocenters. The average Bonchev–Trinajstić information content (AvgIpc) is 2.14. The Labute approximate surface area is 88.7 Å². The Morgan fingerprint density at radius 1 is 1.47 bits per heavy atom. The Balaban J connectivity index is 4.42. The van der Waals surface area contributed by atoms with E-state index in [9.17, 15) is 22.8 Å². The largest absolute Gasteiger partial charge is 0.471 e. The van der Waals surface area contributed by atoms with Gasteiger partial charge in [-0.15, -0.1) is 11.6 Å². The second-order valence-corrected chi connectivity index (χ2v) is 2.85. The summed E-state index contributed by atoms with van der Waals surface area (Å²) >= 11 is 5.14. The van der Waals surface area contributed by atoms with Gasteiger partial charge in [-0.05, 0) is 0 Å². The third-order valence-corrected chi connectivity index (χ3v) is 1.68. The van der Waals surface area contributed by atoms with E-state index in [2.05, 4.69) is 4.74 Å². The zero-order valence-electron chi connectivity index (χ0n) is 7.73. The van der Waals surface area contributed by atoms with Crippen LogP contribution in [0.2, 0.25) is 0 Å². The Morgan fingerprint density at radius 3 is 2.33 bits per heavy atom. The zero-order chi connectivity index (χ0) is 12.1. The summed E-state index contributed by atoms with van der Waals surface area (Å²) in [5.74, 6) is -3.43. The van der Waals surface area contributed by atoms with Crippen LogP contribution in [-0.4, -0.2) is 43.5 Å². The van der Waals surface area contributed by atoms with Crippen molar-refractivity contribution in [1.82, 2.24) is 5.32 Å². The number of ketones is 1. The second-order valence-electron chi connectivity index (χ2n) is 2.58. The number of rotatable bonds is 5. The molecule has 4 nitrogen and oxygen atoms in total. The van der Waals surface area contributed by atoms with Crippen molar-refractivity contribution in [3.8, 4) is 0 Å². The molecule has 0 aromatic rings. The molecule has 1 N–H and O–H groups in total. The first-order valence-corrected chi connectivity index (χ1v) is 4.31. The molecule has 0 fully saturated rings. The average molecular weight is 248 g/mol. The van der Waals surface area contributed by atoms with Gasteiger partial charge in [-0.1, -0.05) is 0 Å². The first-order valence-electron chi connectivity index (χ1n) is 3.78. The number of alkyl halides is 4. The summed E-state index contributed by atoms with van der Waals surface area (Å²) in [6.07, 6.45) is -5.03. The number of hydrogen-bond donors (Lipinski definition) is 1. The fourth-order valence-corrected chi connectivity index (χ4v) is 0.901. The van der Waals surface area contributed by atoms with Gasteiger partial charge >= 0.3 is 12.1 Å². The van der Waals surface area contributed by atoms with Crippen molar-refractivity contribution in [2.45, 2.75) is 12.2 Å². The summed E-state index contributed by atoms with van der Waals surface area (Å²) in [7, 11) is 1.19. The predicted molar refractivity (Wildman–Crippen MR) is 45.6 cm³/mol. The topological polar surface area (TPSA) is 55.4 Å². The number of carbonyl (C=O) groups is 2. The quantitative estimate of drug-likeness (QED) is 0.720. The zero-order valence-corrected chi connectivity index (χ0v) is 8.48. The van der Waals surface area contributed by atoms with Gasteiger partial charge in [0.1, 0.15) is 6.04 Å². The van der Waals surface area contributed by atoms with Crippen LogP contribution in [0.15, 0.2) is 0 Å². The van der Waals surface area contributed by atoms with Crippen LogP contribution in [-0.2, 0) is 14.3 Å². The van der Waals surface area contributed by atoms with Gasteiger partial charge < -0.3 is 10.1 Å². The van der Waals surface area contributed by atoms with Crippen molar-refractivity contribution >= 4 is 23.3 Å². The van der Waals surface area contributed by atoms with E-state index >= 15 is 0 Å². The molecule has 0 saturated carbocycles. The fourth-order valence-electron chi connectivity index (χ4n) is 0.715. The van der Waals surface area contributed by atoms with Crippen molar-refractivity contribution in [2.24, 2.45) is 0 Å². The van der Waals surface area contributed by atoms with Crippen molar-refractivity contribution in [2.75, 3.05) is 19.6 Å². The summed E-state index contributed by atoms with van der Waals surface area (Å²) in [6.45, 7) is -0.354. The number of Topliss-reactive ketones (excluding diaryl/α,β-unsaturated/α-hetero) is 1. The van der Waals surface area contributed by atoms with Crippen molar-refractivity contribution < 1.29 is 27.5 Å². The first kappa shape index (κ1) is 14.2. The van der Waals surface area contributed by atoms with Crippen LogP contribution in [0, 0.1) is 0 Å². The van der Waals surface area contributed by atoms with Gasteiger partial charge in [-0.2, -0.15) is 13.2 Å². The molecule has 0 aliphatic carbocycles. The van der Waals surface area contributed by atoms with Gasteiger partial charge in [-0.3, -0.25) is 9.59 Å². The number of ether oxygens (including phenoxy) is 1. The van der Waals surface area contributed by atoms with Crippen LogP contribution < -0.4 is 5.32 Å². The van der Waals surface area contributed by atoms with E-state index in [1.807, 2.05) is 0 Å². The number of hydrogen-bond acceptors (Lipinski definition) is 3. The molecular formula is C7H9ClF3NO3. The van der Waals surface area contributed by atoms with Gasteiger partial charge in [0.25, 0.3) is 0 Å². The minimum absolute atomic E-state index is 0.354. The van der Waals surface area contributed by atoms with Gasteiger partial charge in [0.05, 0.1) is 12.5 Å². The molecule has 0 saturated heterocycles. The normalized spacial score (nSPS) is 13.4. The Kier molecular flexibility index (Phi) is 5.59. The molecule has 1 unspecified atom stereocenters. The molecule has 88 valence electrons. The highest BCUT2D eigenvalue weighted by molar-refractivity contribution is 6.28. The summed E-state index contributed by atoms with van der Waals surface area (Å²) in [5.41, 5.74) is 0. The Morgan fingerprint density at radius 2 is 2.00 bits per heavy atom. The lowest BCUT2D eigenvalue weighted by atomic mass is 10.2. The van der Waals surface area contributed by atoms with E-state index in [1.54, 1.807) is 0 Å². The van der Waals surface area contributed by atoms with Crippen LogP contribution in [0.25, 0.3) is 0 Å². The van der Waals surface area contributed by atoms with E-state index in [1.165, 1.54) is 12.4 Å². The molecular weight excluding hydrogens is 239 g/mol. The van der Waals surface area contributed by atoms with Crippen LogP contribution in [0.1, 0.15) is 0 Å². The summed E-state index contributed by atoms with van der Waals surface area (Å²) in [5, 5.41) is 1.49. The molecule has 0 bridgehead atoms. The minimum atomic E-state index is -5.03. The molecule has 0 aliphatic heterocycles. The monoisotopic (exact) mass is 247 g/mol. The molecule has 0 aliphatic rings. The highest BCUT2D eigenvalue weighted by Gasteiger charge is 2.40. The number of carbonyl (C=O) groups excluding carboxylic acids is 2. The lowest BCUT2D eigenvalue weighted by Crippen LogP contribution is -2.49. The van der Waals surface area contributed by atoms with Crippen LogP contribution in [0.5, 0.6) is 0 Å². The van der Waals surface area contributed by atoms with E-state index < -0.39 is 29.8 Å². The highest BCUT2D eigenvalue weighted by atomic mass is 35.5. The van der Waals surface area contributed by atoms with Crippen LogP contribution in [0.3, 0.4) is 0 Å². The van der Waals surface area contributed by atoms with E-state index in [0.29, 0.717) is 0 Å². The van der Waals surface area contributed by atoms with E-state index in [0.717, 1.165) is 0 Å². The minimum Gasteiger partial charge on any atom is -0.382 e. The molecule has 0 rings (SSSR count). The number of methoxy groups -OCH3 is 1. The van der Waals surface area contributed by atoms with Crippen molar-refractivity contribution in [1.29, 1.82) is 0 Å². The molecule has 1 amide bonds. The molecule has 15 heavy (non-hydrogen) atoms. The van der Waals surface area contributed by atoms with Gasteiger partial charge in [-0.25, -0.2) is 0 Å². The molecule has 0 aromatic heterocycles.